The SMILES string of the molecule is CC[C@@H](c1ccc(F)cc1)[C@H](NC(=O)OCc1ccccc1)c1cn2ncc(CC3(C(=O)O)C[C@@H](C(F)(F)F)N(C(=O)O)C3=O)cc2n1. The van der Waals surface area contributed by atoms with E-state index in [1.165, 1.54) is 28.9 Å². The first kappa shape index (κ1) is 33.8. The average molecular weight is 672 g/mol. The van der Waals surface area contributed by atoms with Crippen LogP contribution in [0, 0.1) is 11.2 Å². The van der Waals surface area contributed by atoms with Crippen LogP contribution in [0.3, 0.4) is 0 Å². The number of alkyl halides is 3. The van der Waals surface area contributed by atoms with Crippen molar-refractivity contribution in [1.82, 2.24) is 24.8 Å². The summed E-state index contributed by atoms with van der Waals surface area (Å²) < 4.78 is 61.6. The van der Waals surface area contributed by atoms with Gasteiger partial charge in [-0.25, -0.2) is 28.4 Å². The van der Waals surface area contributed by atoms with Gasteiger partial charge in [0.2, 0.25) is 5.91 Å². The van der Waals surface area contributed by atoms with Crippen LogP contribution in [0.25, 0.3) is 5.65 Å². The van der Waals surface area contributed by atoms with Crippen molar-refractivity contribution < 1.29 is 51.7 Å². The van der Waals surface area contributed by atoms with Crippen LogP contribution in [0.5, 0.6) is 0 Å². The Bertz CT molecular complexity index is 1830. The molecular weight excluding hydrogens is 642 g/mol. The second kappa shape index (κ2) is 13.3. The molecule has 0 aliphatic carbocycles. The Morgan fingerprint density at radius 3 is 2.35 bits per heavy atom. The zero-order chi connectivity index (χ0) is 34.8. The number of likely N-dealkylation sites (tertiary alicyclic amines) is 1. The lowest BCUT2D eigenvalue weighted by Gasteiger charge is -2.26. The van der Waals surface area contributed by atoms with Crippen LogP contribution in [0.15, 0.2) is 73.1 Å². The number of amides is 3. The number of imidazole rings is 1. The van der Waals surface area contributed by atoms with Crippen LogP contribution >= 0.6 is 0 Å². The molecule has 1 unspecified atom stereocenters. The lowest BCUT2D eigenvalue weighted by molar-refractivity contribution is -0.175. The van der Waals surface area contributed by atoms with E-state index in [0.29, 0.717) is 12.0 Å². The number of hydrogen-bond acceptors (Lipinski definition) is 7. The molecule has 2 aromatic carbocycles. The standard InChI is InChI=1S/C32H29F4N5O7/c1-2-22(20-8-10-21(33)11-9-20)26(39-29(45)48-17-18-6-4-3-5-7-18)23-16-40-25(38-23)12-19(15-37-40)13-31(28(43)44)14-24(32(34,35)36)41(27(31)42)30(46)47/h3-12,15-16,22,24,26H,2,13-14,17H2,1H3,(H,39,45)(H,43,44)(H,46,47)/t22-,24-,26-,31?/m0/s1. The molecule has 0 radical (unpaired) electrons. The van der Waals surface area contributed by atoms with Crippen molar-refractivity contribution >= 4 is 29.7 Å². The smallest absolute Gasteiger partial charge is 0.414 e. The highest BCUT2D eigenvalue weighted by molar-refractivity contribution is 6.09. The maximum atomic E-state index is 13.8. The third kappa shape index (κ3) is 6.77. The van der Waals surface area contributed by atoms with Crippen molar-refractivity contribution in [2.75, 3.05) is 0 Å². The van der Waals surface area contributed by atoms with Gasteiger partial charge >= 0.3 is 24.3 Å². The molecule has 3 heterocycles. The second-order valence-electron chi connectivity index (χ2n) is 11.4. The number of aliphatic carboxylic acids is 1. The second-order valence-corrected chi connectivity index (χ2v) is 11.4. The van der Waals surface area contributed by atoms with Gasteiger partial charge in [0.15, 0.2) is 11.1 Å². The van der Waals surface area contributed by atoms with E-state index in [2.05, 4.69) is 15.4 Å². The van der Waals surface area contributed by atoms with Gasteiger partial charge in [0.25, 0.3) is 0 Å². The lowest BCUT2D eigenvalue weighted by Crippen LogP contribution is -2.47. The molecule has 2 aromatic heterocycles. The van der Waals surface area contributed by atoms with Gasteiger partial charge in [-0.2, -0.15) is 18.3 Å². The maximum absolute atomic E-state index is 13.8. The van der Waals surface area contributed by atoms with E-state index in [-0.39, 0.29) is 23.5 Å². The number of alkyl carbamates (subject to hydrolysis) is 1. The Kier molecular flexibility index (Phi) is 9.36. The van der Waals surface area contributed by atoms with Gasteiger partial charge < -0.3 is 20.3 Å². The fraction of sp³-hybridized carbons (Fsp3) is 0.312. The maximum Gasteiger partial charge on any atom is 0.414 e. The molecule has 16 heteroatoms. The highest BCUT2D eigenvalue weighted by Crippen LogP contribution is 2.45. The van der Waals surface area contributed by atoms with Gasteiger partial charge in [-0.3, -0.25) is 9.59 Å². The Morgan fingerprint density at radius 1 is 1.08 bits per heavy atom. The summed E-state index contributed by atoms with van der Waals surface area (Å²) in [4.78, 5) is 54.0. The molecule has 48 heavy (non-hydrogen) atoms. The van der Waals surface area contributed by atoms with E-state index in [0.717, 1.165) is 11.8 Å². The molecule has 4 aromatic rings. The third-order valence-electron chi connectivity index (χ3n) is 8.32. The number of carboxylic acids is 1. The summed E-state index contributed by atoms with van der Waals surface area (Å²) >= 11 is 0. The summed E-state index contributed by atoms with van der Waals surface area (Å²) in [5, 5.41) is 26.3. The largest absolute Gasteiger partial charge is 0.480 e. The number of nitrogens with zero attached hydrogens (tertiary/aromatic N) is 4. The number of fused-ring (bicyclic) bond motifs is 1. The molecule has 12 nitrogen and oxygen atoms in total. The molecule has 4 atom stereocenters. The quantitative estimate of drug-likeness (QED) is 0.146. The van der Waals surface area contributed by atoms with Crippen LogP contribution in [0.1, 0.15) is 54.1 Å². The number of benzene rings is 2. The summed E-state index contributed by atoms with van der Waals surface area (Å²) in [6, 6.07) is 12.2. The summed E-state index contributed by atoms with van der Waals surface area (Å²) in [6.45, 7) is 1.82. The highest BCUT2D eigenvalue weighted by Gasteiger charge is 2.65. The van der Waals surface area contributed by atoms with Crippen LogP contribution in [0.2, 0.25) is 0 Å². The minimum atomic E-state index is -5.20. The van der Waals surface area contributed by atoms with Crippen molar-refractivity contribution in [2.45, 2.75) is 57.0 Å². The van der Waals surface area contributed by atoms with Crippen LogP contribution in [-0.4, -0.2) is 66.0 Å². The van der Waals surface area contributed by atoms with E-state index in [9.17, 15) is 47.0 Å². The molecular formula is C32H29F4N5O7. The monoisotopic (exact) mass is 671 g/mol. The van der Waals surface area contributed by atoms with Crippen LogP contribution in [0.4, 0.5) is 27.2 Å². The summed E-state index contributed by atoms with van der Waals surface area (Å²) in [5.74, 6) is -4.54. The van der Waals surface area contributed by atoms with E-state index >= 15 is 0 Å². The fourth-order valence-corrected chi connectivity index (χ4v) is 5.94. The number of aromatic nitrogens is 3. The molecule has 1 aliphatic heterocycles. The van der Waals surface area contributed by atoms with Crippen molar-refractivity contribution in [3.8, 4) is 0 Å². The number of imide groups is 1. The number of carbonyl (C=O) groups excluding carboxylic acids is 2. The number of nitrogens with one attached hydrogen (secondary N) is 1. The van der Waals surface area contributed by atoms with Crippen LogP contribution in [-0.2, 0) is 27.4 Å². The van der Waals surface area contributed by atoms with E-state index < -0.39 is 77.2 Å². The molecule has 1 fully saturated rings. The van der Waals surface area contributed by atoms with Crippen molar-refractivity contribution in [1.29, 1.82) is 0 Å². The lowest BCUT2D eigenvalue weighted by atomic mass is 9.79. The topological polar surface area (TPSA) is 163 Å². The third-order valence-corrected chi connectivity index (χ3v) is 8.32. The number of halogens is 4. The van der Waals surface area contributed by atoms with Gasteiger partial charge in [0, 0.05) is 12.3 Å². The number of carbonyl (C=O) groups is 4. The van der Waals surface area contributed by atoms with Gasteiger partial charge in [-0.1, -0.05) is 49.4 Å². The number of ether oxygens (including phenoxy) is 1. The zero-order valence-electron chi connectivity index (χ0n) is 25.2. The molecule has 0 saturated carbocycles. The Hall–Kier alpha value is -5.54. The van der Waals surface area contributed by atoms with Crippen molar-refractivity contribution in [3.05, 3.63) is 101 Å². The van der Waals surface area contributed by atoms with Gasteiger partial charge in [0.05, 0.1) is 24.1 Å². The Morgan fingerprint density at radius 2 is 1.77 bits per heavy atom. The summed E-state index contributed by atoms with van der Waals surface area (Å²) in [6.07, 6.45) is -7.26. The van der Waals surface area contributed by atoms with Gasteiger partial charge in [-0.15, -0.1) is 0 Å². The molecule has 1 saturated heterocycles. The molecule has 0 spiro atoms. The first-order valence-electron chi connectivity index (χ1n) is 14.7. The fourth-order valence-electron chi connectivity index (χ4n) is 5.94. The Labute approximate surface area is 269 Å². The molecule has 5 rings (SSSR count). The van der Waals surface area contributed by atoms with E-state index in [1.54, 1.807) is 36.4 Å². The van der Waals surface area contributed by atoms with Crippen LogP contribution < -0.4 is 5.32 Å². The van der Waals surface area contributed by atoms with Gasteiger partial charge in [-0.05, 0) is 47.7 Å². The highest BCUT2D eigenvalue weighted by atomic mass is 19.4. The summed E-state index contributed by atoms with van der Waals surface area (Å²) in [5.41, 5.74) is -0.964. The minimum absolute atomic E-state index is 0.000851. The number of carboxylic acid groups (broad SMARTS) is 2. The molecule has 1 aliphatic rings. The van der Waals surface area contributed by atoms with Crippen molar-refractivity contribution in [2.24, 2.45) is 5.41 Å². The predicted octanol–water partition coefficient (Wildman–Crippen LogP) is 5.48. The van der Waals surface area contributed by atoms with E-state index in [4.69, 9.17) is 4.74 Å². The molecule has 252 valence electrons. The minimum Gasteiger partial charge on any atom is -0.480 e. The number of hydrogen-bond donors (Lipinski definition) is 3. The zero-order valence-corrected chi connectivity index (χ0v) is 25.2. The first-order valence-corrected chi connectivity index (χ1v) is 14.7. The normalized spacial score (nSPS) is 19.2. The predicted molar refractivity (Wildman–Crippen MR) is 158 cm³/mol. The Balaban J connectivity index is 1.48. The number of rotatable bonds is 10. The first-order chi connectivity index (χ1) is 22.7. The summed E-state index contributed by atoms with van der Waals surface area (Å²) in [7, 11) is 0. The average Bonchev–Trinajstić information content (AvgIpc) is 3.60. The molecule has 0 bridgehead atoms. The molecule has 3 N–H and O–H groups in total. The van der Waals surface area contributed by atoms with Crippen molar-refractivity contribution in [3.63, 3.8) is 0 Å². The van der Waals surface area contributed by atoms with Gasteiger partial charge in [0.1, 0.15) is 18.5 Å². The molecule has 3 amide bonds. The van der Waals surface area contributed by atoms with E-state index in [1.807, 2.05) is 13.0 Å².